The van der Waals surface area contributed by atoms with Crippen LogP contribution < -0.4 is 5.11 Å². The summed E-state index contributed by atoms with van der Waals surface area (Å²) >= 11 is 0. The highest BCUT2D eigenvalue weighted by atomic mass is 16.4. The van der Waals surface area contributed by atoms with Crippen LogP contribution in [0.2, 0.25) is 0 Å². The molecule has 0 aromatic heterocycles. The van der Waals surface area contributed by atoms with Gasteiger partial charge in [-0.15, -0.1) is 0 Å². The van der Waals surface area contributed by atoms with Gasteiger partial charge in [0.05, 0.1) is 32.1 Å². The van der Waals surface area contributed by atoms with Crippen molar-refractivity contribution in [1.29, 1.82) is 0 Å². The molecular formula is C25H45NO6. The fraction of sp³-hybridized carbons (Fsp3) is 0.800. The zero-order chi connectivity index (χ0) is 24.6. The zero-order valence-corrected chi connectivity index (χ0v) is 20.6. The highest BCUT2D eigenvalue weighted by Gasteiger charge is 2.39. The van der Waals surface area contributed by atoms with Crippen LogP contribution in [0.5, 0.6) is 0 Å². The molecule has 0 saturated heterocycles. The Labute approximate surface area is 194 Å². The van der Waals surface area contributed by atoms with E-state index < -0.39 is 35.7 Å². The lowest BCUT2D eigenvalue weighted by Gasteiger charge is -2.44. The summed E-state index contributed by atoms with van der Waals surface area (Å²) < 4.78 is 0.209. The number of carbonyl (C=O) groups excluding carboxylic acids is 1. The van der Waals surface area contributed by atoms with Crippen molar-refractivity contribution in [2.75, 3.05) is 26.2 Å². The van der Waals surface area contributed by atoms with Crippen LogP contribution in [0.4, 0.5) is 0 Å². The Bertz CT molecular complexity index is 529. The van der Waals surface area contributed by atoms with Crippen molar-refractivity contribution >= 4 is 17.9 Å². The zero-order valence-electron chi connectivity index (χ0n) is 20.6. The Morgan fingerprint density at radius 2 is 1.22 bits per heavy atom. The number of hydrogen-bond donors (Lipinski definition) is 2. The minimum absolute atomic E-state index is 0.209. The van der Waals surface area contributed by atoms with Crippen LogP contribution in [-0.4, -0.2) is 58.8 Å². The normalized spacial score (nSPS) is 16.4. The van der Waals surface area contributed by atoms with Crippen molar-refractivity contribution in [3.05, 3.63) is 12.2 Å². The van der Waals surface area contributed by atoms with Gasteiger partial charge in [-0.05, 0) is 51.9 Å². The van der Waals surface area contributed by atoms with Crippen LogP contribution in [0.1, 0.15) is 85.5 Å². The second-order valence-electron chi connectivity index (χ2n) is 9.05. The first kappa shape index (κ1) is 30.1. The second-order valence-corrected chi connectivity index (χ2v) is 9.05. The molecule has 0 aromatic carbocycles. The second kappa shape index (κ2) is 16.7. The van der Waals surface area contributed by atoms with Gasteiger partial charge in [-0.3, -0.25) is 9.59 Å². The van der Waals surface area contributed by atoms with Gasteiger partial charge >= 0.3 is 11.9 Å². The van der Waals surface area contributed by atoms with Crippen molar-refractivity contribution < 1.29 is 34.2 Å². The fourth-order valence-electron chi connectivity index (χ4n) is 4.44. The first-order valence-electron chi connectivity index (χ1n) is 12.3. The largest absolute Gasteiger partial charge is 0.550 e. The number of aliphatic carboxylic acids is 3. The molecule has 0 aromatic rings. The van der Waals surface area contributed by atoms with Crippen molar-refractivity contribution in [3.63, 3.8) is 0 Å². The Hall–Kier alpha value is -1.89. The molecule has 0 radical (unpaired) electrons. The molecule has 3 unspecified atom stereocenters. The SMILES string of the molecule is C/C=C/CCCCCCC[N+](CC(CC)C(=O)[O-])(CC(CC)C(=O)O)CC(CC)C(=O)O. The van der Waals surface area contributed by atoms with Crippen LogP contribution in [0.15, 0.2) is 12.2 Å². The first-order chi connectivity index (χ1) is 15.2. The Kier molecular flexibility index (Phi) is 15.7. The summed E-state index contributed by atoms with van der Waals surface area (Å²) in [6.07, 6.45) is 11.6. The van der Waals surface area contributed by atoms with Crippen molar-refractivity contribution in [1.82, 2.24) is 0 Å². The Balaban J connectivity index is 5.64. The van der Waals surface area contributed by atoms with E-state index in [4.69, 9.17) is 0 Å². The Morgan fingerprint density at radius 3 is 1.62 bits per heavy atom. The first-order valence-corrected chi connectivity index (χ1v) is 12.3. The molecule has 0 saturated carbocycles. The molecule has 0 bridgehead atoms. The molecule has 7 heteroatoms. The molecule has 0 amide bonds. The summed E-state index contributed by atoms with van der Waals surface area (Å²) in [4.78, 5) is 35.4. The van der Waals surface area contributed by atoms with E-state index in [0.29, 0.717) is 25.8 Å². The highest BCUT2D eigenvalue weighted by Crippen LogP contribution is 2.25. The van der Waals surface area contributed by atoms with Gasteiger partial charge < -0.3 is 24.6 Å². The maximum atomic E-state index is 11.8. The molecule has 7 nitrogen and oxygen atoms in total. The third-order valence-electron chi connectivity index (χ3n) is 6.57. The third kappa shape index (κ3) is 11.7. The molecule has 3 atom stereocenters. The third-order valence-corrected chi connectivity index (χ3v) is 6.57. The van der Waals surface area contributed by atoms with E-state index in [0.717, 1.165) is 38.5 Å². The molecular weight excluding hydrogens is 410 g/mol. The maximum absolute atomic E-state index is 11.8. The number of nitrogens with zero attached hydrogens (tertiary/aromatic N) is 1. The quantitative estimate of drug-likeness (QED) is 0.164. The van der Waals surface area contributed by atoms with Gasteiger partial charge in [0.1, 0.15) is 11.8 Å². The summed E-state index contributed by atoms with van der Waals surface area (Å²) in [5, 5.41) is 31.1. The van der Waals surface area contributed by atoms with E-state index in [9.17, 15) is 29.7 Å². The number of carboxylic acid groups (broad SMARTS) is 3. The van der Waals surface area contributed by atoms with E-state index in [1.54, 1.807) is 6.92 Å². The lowest BCUT2D eigenvalue weighted by Crippen LogP contribution is -2.59. The fourth-order valence-corrected chi connectivity index (χ4v) is 4.44. The van der Waals surface area contributed by atoms with Crippen molar-refractivity contribution in [2.45, 2.75) is 85.5 Å². The molecule has 32 heavy (non-hydrogen) atoms. The lowest BCUT2D eigenvalue weighted by atomic mass is 9.95. The molecule has 2 N–H and O–H groups in total. The summed E-state index contributed by atoms with van der Waals surface area (Å²) in [5.41, 5.74) is 0. The van der Waals surface area contributed by atoms with Gasteiger partial charge in [-0.1, -0.05) is 45.8 Å². The maximum Gasteiger partial charge on any atom is 0.312 e. The molecule has 0 aliphatic heterocycles. The lowest BCUT2D eigenvalue weighted by molar-refractivity contribution is -0.935. The molecule has 0 fully saturated rings. The van der Waals surface area contributed by atoms with Crippen LogP contribution in [0.25, 0.3) is 0 Å². The van der Waals surface area contributed by atoms with Gasteiger partial charge in [0, 0.05) is 5.92 Å². The summed E-state index contributed by atoms with van der Waals surface area (Å²) in [6, 6.07) is 0. The molecule has 0 spiro atoms. The summed E-state index contributed by atoms with van der Waals surface area (Å²) in [7, 11) is 0. The molecule has 186 valence electrons. The predicted molar refractivity (Wildman–Crippen MR) is 124 cm³/mol. The van der Waals surface area contributed by atoms with Gasteiger partial charge in [0.25, 0.3) is 0 Å². The van der Waals surface area contributed by atoms with Crippen molar-refractivity contribution in [2.24, 2.45) is 17.8 Å². The smallest absolute Gasteiger partial charge is 0.312 e. The molecule has 0 aliphatic rings. The Morgan fingerprint density at radius 1 is 0.781 bits per heavy atom. The van der Waals surface area contributed by atoms with E-state index in [2.05, 4.69) is 6.08 Å². The average Bonchev–Trinajstić information content (AvgIpc) is 2.75. The average molecular weight is 456 g/mol. The van der Waals surface area contributed by atoms with E-state index in [1.165, 1.54) is 0 Å². The number of rotatable bonds is 20. The number of allylic oxidation sites excluding steroid dienone is 2. The molecule has 0 heterocycles. The number of carbonyl (C=O) groups is 3. The van der Waals surface area contributed by atoms with E-state index in [1.807, 2.05) is 26.8 Å². The monoisotopic (exact) mass is 455 g/mol. The summed E-state index contributed by atoms with van der Waals surface area (Å²) in [5.74, 6) is -4.98. The van der Waals surface area contributed by atoms with Crippen molar-refractivity contribution in [3.8, 4) is 0 Å². The van der Waals surface area contributed by atoms with Gasteiger partial charge in [-0.2, -0.15) is 0 Å². The summed E-state index contributed by atoms with van der Waals surface area (Å²) in [6.45, 7) is 8.71. The number of carboxylic acids is 3. The molecule has 0 rings (SSSR count). The minimum atomic E-state index is -1.15. The van der Waals surface area contributed by atoms with Crippen LogP contribution in [0, 0.1) is 17.8 Å². The van der Waals surface area contributed by atoms with Crippen LogP contribution in [-0.2, 0) is 14.4 Å². The topological polar surface area (TPSA) is 115 Å². The minimum Gasteiger partial charge on any atom is -0.550 e. The van der Waals surface area contributed by atoms with E-state index in [-0.39, 0.29) is 24.1 Å². The van der Waals surface area contributed by atoms with Gasteiger partial charge in [0.15, 0.2) is 0 Å². The number of hydrogen-bond acceptors (Lipinski definition) is 4. The van der Waals surface area contributed by atoms with Crippen LogP contribution >= 0.6 is 0 Å². The van der Waals surface area contributed by atoms with E-state index >= 15 is 0 Å². The molecule has 0 aliphatic carbocycles. The van der Waals surface area contributed by atoms with Crippen LogP contribution in [0.3, 0.4) is 0 Å². The predicted octanol–water partition coefficient (Wildman–Crippen LogP) is 3.72. The highest BCUT2D eigenvalue weighted by molar-refractivity contribution is 5.70. The number of unbranched alkanes of at least 4 members (excludes halogenated alkanes) is 5. The number of quaternary nitrogens is 1. The van der Waals surface area contributed by atoms with Gasteiger partial charge in [-0.25, -0.2) is 0 Å². The van der Waals surface area contributed by atoms with Gasteiger partial charge in [0.2, 0.25) is 0 Å². The standard InChI is InChI=1S/C25H45NO6/c1-5-9-10-11-12-13-14-15-16-26(17-20(6-2)23(27)28,18-21(7-3)24(29)30)19-22(8-4)25(31)32/h5,9,20-22H,6-8,10-19H2,1-4H3,(H2-,27,28,29,30,31,32)/b9-5+.